The topological polar surface area (TPSA) is 35.0 Å². The van der Waals surface area contributed by atoms with Gasteiger partial charge in [-0.1, -0.05) is 53.4 Å². The second-order valence-electron chi connectivity index (χ2n) is 5.65. The molecular weight excluding hydrogens is 239 g/mol. The number of hydrogen-bond donors (Lipinski definition) is 1. The van der Waals surface area contributed by atoms with Gasteiger partial charge >= 0.3 is 1.43 Å². The van der Waals surface area contributed by atoms with E-state index in [9.17, 15) is 0 Å². The summed E-state index contributed by atoms with van der Waals surface area (Å²) in [5.41, 5.74) is 0. The maximum Gasteiger partial charge on any atom is 1.00 e. The van der Waals surface area contributed by atoms with Gasteiger partial charge in [-0.05, 0) is 25.7 Å². The van der Waals surface area contributed by atoms with Gasteiger partial charge in [0.2, 0.25) is 0 Å². The van der Waals surface area contributed by atoms with E-state index < -0.39 is 0 Å². The minimum Gasteiger partial charge on any atom is -0.344 e. The predicted octanol–water partition coefficient (Wildman–Crippen LogP) is 5.43. The molecule has 0 aromatic carbocycles. The molecule has 0 rings (SSSR count). The average molecular weight is 281 g/mol. The molecule has 2 nitrogen and oxygen atoms in total. The first-order chi connectivity index (χ1) is 8.24. The Hall–Kier alpha value is -0.150. The second-order valence-corrected chi connectivity index (χ2v) is 5.65. The van der Waals surface area contributed by atoms with E-state index in [-0.39, 0.29) is 12.3 Å². The molecule has 0 radical (unpaired) electrons. The normalized spacial score (nSPS) is 10.7. The Morgan fingerprint density at radius 3 is 0.947 bits per heavy atom. The van der Waals surface area contributed by atoms with E-state index in [1.807, 2.05) is 0 Å². The van der Waals surface area contributed by atoms with Crippen molar-refractivity contribution in [3.8, 4) is 0 Å². The van der Waals surface area contributed by atoms with Gasteiger partial charge in [0, 0.05) is 0 Å². The minimum atomic E-state index is 0. The smallest absolute Gasteiger partial charge is 0.344 e. The first-order valence-corrected chi connectivity index (χ1v) is 8.09. The van der Waals surface area contributed by atoms with Crippen LogP contribution in [0.25, 0.3) is 0 Å². The molecule has 0 aliphatic heterocycles. The Kier molecular flexibility index (Phi) is 20.0. The summed E-state index contributed by atoms with van der Waals surface area (Å²) >= 11 is 0. The summed E-state index contributed by atoms with van der Waals surface area (Å²) in [4.78, 5) is 0. The van der Waals surface area contributed by atoms with Crippen LogP contribution in [0.2, 0.25) is 0 Å². The van der Waals surface area contributed by atoms with E-state index >= 15 is 0 Å². The van der Waals surface area contributed by atoms with E-state index in [0.29, 0.717) is 0 Å². The number of unbranched alkanes of at least 4 members (excludes halogenated alkanes) is 4. The highest BCUT2D eigenvalue weighted by Gasteiger charge is 2.24. The van der Waals surface area contributed by atoms with Crippen LogP contribution < -0.4 is 6.15 Å². The van der Waals surface area contributed by atoms with E-state index in [1.165, 1.54) is 82.0 Å². The summed E-state index contributed by atoms with van der Waals surface area (Å²) in [6.45, 7) is 15.0. The van der Waals surface area contributed by atoms with Gasteiger partial charge in [-0.15, -0.1) is 0 Å². The first-order valence-electron chi connectivity index (χ1n) is 8.09. The van der Waals surface area contributed by atoms with Crippen molar-refractivity contribution in [3.63, 3.8) is 0 Å². The Morgan fingerprint density at radius 2 is 0.789 bits per heavy atom. The third kappa shape index (κ3) is 11.4. The first kappa shape index (κ1) is 23.9. The number of nitrogens with zero attached hydrogens (tertiary/aromatic N) is 1. The number of quaternary nitrogens is 1. The third-order valence-electron chi connectivity index (χ3n) is 3.94. The Bertz CT molecular complexity index is 131. The van der Waals surface area contributed by atoms with Crippen LogP contribution in [0.4, 0.5) is 4.70 Å². The van der Waals surface area contributed by atoms with Gasteiger partial charge in [-0.3, -0.25) is 4.70 Å². The molecular formula is C16H41FN2+2. The SMILES string of the molecule is CCCC[N+](CCCC)(CCCC)CCCC.F.N.[H+]. The highest BCUT2D eigenvalue weighted by Crippen LogP contribution is 2.16. The van der Waals surface area contributed by atoms with Gasteiger partial charge in [-0.2, -0.15) is 0 Å². The molecule has 19 heavy (non-hydrogen) atoms. The molecule has 3 heteroatoms. The molecule has 0 atom stereocenters. The maximum atomic E-state index is 2.33. The molecule has 0 unspecified atom stereocenters. The molecule has 0 aliphatic carbocycles. The molecule has 0 saturated carbocycles. The van der Waals surface area contributed by atoms with Crippen molar-refractivity contribution >= 4 is 0 Å². The van der Waals surface area contributed by atoms with Crippen molar-refractivity contribution in [3.05, 3.63) is 0 Å². The molecule has 0 amide bonds. The van der Waals surface area contributed by atoms with Crippen molar-refractivity contribution < 1.29 is 10.6 Å². The number of rotatable bonds is 12. The largest absolute Gasteiger partial charge is 1.00 e. The van der Waals surface area contributed by atoms with Gasteiger partial charge < -0.3 is 10.6 Å². The van der Waals surface area contributed by atoms with Crippen molar-refractivity contribution in [2.45, 2.75) is 79.1 Å². The average Bonchev–Trinajstić information content (AvgIpc) is 2.37. The fourth-order valence-corrected chi connectivity index (χ4v) is 2.64. The fourth-order valence-electron chi connectivity index (χ4n) is 2.64. The lowest BCUT2D eigenvalue weighted by molar-refractivity contribution is -0.929. The van der Waals surface area contributed by atoms with E-state index in [1.54, 1.807) is 0 Å². The van der Waals surface area contributed by atoms with E-state index in [0.717, 1.165) is 0 Å². The Balaban J connectivity index is -0.000000427. The fraction of sp³-hybridized carbons (Fsp3) is 1.00. The number of halogens is 1. The summed E-state index contributed by atoms with van der Waals surface area (Å²) in [5, 5.41) is 0. The number of hydrogen-bond acceptors (Lipinski definition) is 1. The second kappa shape index (κ2) is 15.9. The van der Waals surface area contributed by atoms with Crippen LogP contribution in [0.15, 0.2) is 0 Å². The molecule has 0 saturated heterocycles. The van der Waals surface area contributed by atoms with Crippen molar-refractivity contribution in [1.29, 1.82) is 0 Å². The molecule has 0 heterocycles. The van der Waals surface area contributed by atoms with Crippen molar-refractivity contribution in [2.75, 3.05) is 26.2 Å². The highest BCUT2D eigenvalue weighted by atomic mass is 19.0. The standard InChI is InChI=1S/C16H36N.FH.H3N/c1-5-9-13-17(14-10-6-2,15-11-7-3)16-12-8-4;;/h5-16H2,1-4H3;1H;1H3/q+1;;/p+1. The maximum absolute atomic E-state index is 2.33. The zero-order chi connectivity index (χ0) is 13.0. The quantitative estimate of drug-likeness (QED) is 0.475. The lowest BCUT2D eigenvalue weighted by atomic mass is 10.1. The summed E-state index contributed by atoms with van der Waals surface area (Å²) in [6.07, 6.45) is 11.1. The molecule has 0 aromatic rings. The van der Waals surface area contributed by atoms with Gasteiger partial charge in [0.25, 0.3) is 0 Å². The lowest BCUT2D eigenvalue weighted by Gasteiger charge is -2.39. The van der Waals surface area contributed by atoms with E-state index in [4.69, 9.17) is 0 Å². The van der Waals surface area contributed by atoms with Crippen molar-refractivity contribution in [1.82, 2.24) is 6.15 Å². The summed E-state index contributed by atoms with van der Waals surface area (Å²) in [6, 6.07) is 0. The molecule has 0 bridgehead atoms. The van der Waals surface area contributed by atoms with Gasteiger partial charge in [0.05, 0.1) is 26.2 Å². The lowest BCUT2D eigenvalue weighted by Crippen LogP contribution is -2.50. The zero-order valence-electron chi connectivity index (χ0n) is 15.0. The Labute approximate surface area is 123 Å². The molecule has 0 spiro atoms. The van der Waals surface area contributed by atoms with Crippen LogP contribution in [-0.2, 0) is 0 Å². The minimum absolute atomic E-state index is 0. The van der Waals surface area contributed by atoms with Gasteiger partial charge in [0.1, 0.15) is 0 Å². The monoisotopic (exact) mass is 280 g/mol. The molecule has 0 aliphatic rings. The highest BCUT2D eigenvalue weighted by molar-refractivity contribution is 4.49. The predicted molar refractivity (Wildman–Crippen MR) is 88.0 cm³/mol. The summed E-state index contributed by atoms with van der Waals surface area (Å²) < 4.78 is 1.42. The summed E-state index contributed by atoms with van der Waals surface area (Å²) in [5.74, 6) is 0. The molecule has 0 aromatic heterocycles. The van der Waals surface area contributed by atoms with Gasteiger partial charge in [0.15, 0.2) is 0 Å². The Morgan fingerprint density at radius 1 is 0.579 bits per heavy atom. The third-order valence-corrected chi connectivity index (χ3v) is 3.94. The van der Waals surface area contributed by atoms with Crippen molar-refractivity contribution in [2.24, 2.45) is 0 Å². The van der Waals surface area contributed by atoms with Crippen LogP contribution >= 0.6 is 0 Å². The van der Waals surface area contributed by atoms with Crippen LogP contribution in [0.1, 0.15) is 80.5 Å². The summed E-state index contributed by atoms with van der Waals surface area (Å²) in [7, 11) is 0. The molecule has 0 fully saturated rings. The van der Waals surface area contributed by atoms with Crippen LogP contribution in [0.5, 0.6) is 0 Å². The van der Waals surface area contributed by atoms with Gasteiger partial charge in [-0.25, -0.2) is 0 Å². The zero-order valence-corrected chi connectivity index (χ0v) is 14.0. The van der Waals surface area contributed by atoms with E-state index in [2.05, 4.69) is 27.7 Å². The van der Waals surface area contributed by atoms with Crippen LogP contribution in [0, 0.1) is 0 Å². The molecule has 120 valence electrons. The van der Waals surface area contributed by atoms with Crippen LogP contribution in [0.3, 0.4) is 0 Å². The molecule has 3 N–H and O–H groups in total. The van der Waals surface area contributed by atoms with Crippen LogP contribution in [-0.4, -0.2) is 30.7 Å².